The number of fused-ring (bicyclic) bond motifs is 1. The number of aromatic amines is 1. The van der Waals surface area contributed by atoms with Crippen molar-refractivity contribution in [3.63, 3.8) is 0 Å². The minimum Gasteiger partial charge on any atom is -0.462 e. The number of carbonyl (C=O) groups excluding carboxylic acids is 1. The van der Waals surface area contributed by atoms with E-state index in [4.69, 9.17) is 4.74 Å². The number of rotatable bonds is 8. The first-order chi connectivity index (χ1) is 14.7. The van der Waals surface area contributed by atoms with E-state index in [1.54, 1.807) is 13.8 Å². The van der Waals surface area contributed by atoms with Crippen LogP contribution in [-0.2, 0) is 21.5 Å². The molecule has 0 saturated carbocycles. The Labute approximate surface area is 186 Å². The highest BCUT2D eigenvalue weighted by Gasteiger charge is 2.31. The van der Waals surface area contributed by atoms with E-state index in [9.17, 15) is 18.0 Å². The van der Waals surface area contributed by atoms with E-state index in [0.717, 1.165) is 11.3 Å². The molecular formula is C19H29N5O5S2. The Morgan fingerprint density at radius 3 is 2.42 bits per heavy atom. The van der Waals surface area contributed by atoms with Gasteiger partial charge in [0.1, 0.15) is 15.5 Å². The summed E-state index contributed by atoms with van der Waals surface area (Å²) in [4.78, 5) is 35.1. The van der Waals surface area contributed by atoms with Crippen molar-refractivity contribution in [1.82, 2.24) is 23.5 Å². The average Bonchev–Trinajstić information content (AvgIpc) is 3.06. The van der Waals surface area contributed by atoms with Crippen LogP contribution in [0.15, 0.2) is 4.79 Å². The maximum Gasteiger partial charge on any atom is 0.348 e. The van der Waals surface area contributed by atoms with Crippen molar-refractivity contribution in [2.45, 2.75) is 34.2 Å². The molecule has 0 unspecified atom stereocenters. The normalized spacial score (nSPS) is 16.3. The molecule has 172 valence electrons. The molecule has 1 fully saturated rings. The lowest BCUT2D eigenvalue weighted by atomic mass is 10.2. The zero-order valence-electron chi connectivity index (χ0n) is 18.3. The Bertz CT molecular complexity index is 1100. The Hall–Kier alpha value is -1.86. The molecule has 12 heteroatoms. The number of piperazine rings is 1. The van der Waals surface area contributed by atoms with Gasteiger partial charge in [-0.1, -0.05) is 13.8 Å². The number of aromatic nitrogens is 2. The molecular weight excluding hydrogens is 442 g/mol. The van der Waals surface area contributed by atoms with Crippen LogP contribution in [0.5, 0.6) is 0 Å². The summed E-state index contributed by atoms with van der Waals surface area (Å²) in [6.07, 6.45) is 0. The fourth-order valence-electron chi connectivity index (χ4n) is 3.70. The van der Waals surface area contributed by atoms with Crippen LogP contribution in [0.2, 0.25) is 0 Å². The van der Waals surface area contributed by atoms with Gasteiger partial charge >= 0.3 is 5.97 Å². The largest absolute Gasteiger partial charge is 0.462 e. The first-order valence-corrected chi connectivity index (χ1v) is 12.6. The summed E-state index contributed by atoms with van der Waals surface area (Å²) in [6.45, 7) is 10.5. The van der Waals surface area contributed by atoms with Gasteiger partial charge in [0.25, 0.3) is 15.8 Å². The Kier molecular flexibility index (Phi) is 7.47. The lowest BCUT2D eigenvalue weighted by molar-refractivity contribution is 0.0531. The molecule has 0 radical (unpaired) electrons. The summed E-state index contributed by atoms with van der Waals surface area (Å²) in [5.41, 5.74) is 0.293. The highest BCUT2D eigenvalue weighted by atomic mass is 32.2. The second-order valence-corrected chi connectivity index (χ2v) is 10.2. The number of hydrogen-bond donors (Lipinski definition) is 1. The van der Waals surface area contributed by atoms with Crippen molar-refractivity contribution in [3.05, 3.63) is 26.6 Å². The Morgan fingerprint density at radius 2 is 1.84 bits per heavy atom. The second kappa shape index (κ2) is 9.74. The van der Waals surface area contributed by atoms with Crippen LogP contribution < -0.4 is 5.56 Å². The summed E-state index contributed by atoms with van der Waals surface area (Å²) >= 11 is 1.16. The van der Waals surface area contributed by atoms with E-state index >= 15 is 0 Å². The molecule has 0 spiro atoms. The number of carbonyl (C=O) groups is 1. The van der Waals surface area contributed by atoms with E-state index in [2.05, 4.69) is 14.9 Å². The fraction of sp³-hybridized carbons (Fsp3) is 0.632. The number of hydrogen-bond acceptors (Lipinski definition) is 8. The molecule has 0 bridgehead atoms. The summed E-state index contributed by atoms with van der Waals surface area (Å²) < 4.78 is 33.4. The zero-order valence-corrected chi connectivity index (χ0v) is 19.9. The van der Waals surface area contributed by atoms with Crippen LogP contribution in [0.25, 0.3) is 10.2 Å². The van der Waals surface area contributed by atoms with Gasteiger partial charge in [-0.15, -0.1) is 11.3 Å². The van der Waals surface area contributed by atoms with E-state index < -0.39 is 16.2 Å². The highest BCUT2D eigenvalue weighted by Crippen LogP contribution is 2.27. The summed E-state index contributed by atoms with van der Waals surface area (Å²) in [6, 6.07) is 0. The van der Waals surface area contributed by atoms with Gasteiger partial charge in [0, 0.05) is 39.3 Å². The van der Waals surface area contributed by atoms with Gasteiger partial charge in [-0.25, -0.2) is 9.78 Å². The third-order valence-corrected chi connectivity index (χ3v) is 8.73. The van der Waals surface area contributed by atoms with E-state index in [0.29, 0.717) is 72.3 Å². The SMILES string of the molecule is CCOC(=O)c1sc2nc(CN3CCN(S(=O)(=O)N(CC)CC)CC3)[nH]c(=O)c2c1C. The third kappa shape index (κ3) is 4.82. The number of ether oxygens (including phenoxy) is 1. The lowest BCUT2D eigenvalue weighted by Crippen LogP contribution is -2.52. The standard InChI is InChI=1S/C19H29N5O5S2/c1-5-23(6-2)31(27,28)24-10-8-22(9-11-24)12-14-20-17(25)15-13(4)16(19(26)29-7-3)30-18(15)21-14/h5-12H2,1-4H3,(H,20,21,25). The third-order valence-electron chi connectivity index (χ3n) is 5.37. The van der Waals surface area contributed by atoms with Gasteiger partial charge in [-0.3, -0.25) is 9.69 Å². The van der Waals surface area contributed by atoms with Crippen molar-refractivity contribution < 1.29 is 17.9 Å². The molecule has 2 aromatic rings. The van der Waals surface area contributed by atoms with Crippen LogP contribution >= 0.6 is 11.3 Å². The molecule has 2 aromatic heterocycles. The average molecular weight is 472 g/mol. The summed E-state index contributed by atoms with van der Waals surface area (Å²) in [5, 5.41) is 0.409. The Balaban J connectivity index is 1.73. The van der Waals surface area contributed by atoms with Crippen molar-refractivity contribution in [1.29, 1.82) is 0 Å². The van der Waals surface area contributed by atoms with Crippen LogP contribution in [0.1, 0.15) is 41.8 Å². The lowest BCUT2D eigenvalue weighted by Gasteiger charge is -2.36. The van der Waals surface area contributed by atoms with E-state index in [1.807, 2.05) is 13.8 Å². The monoisotopic (exact) mass is 471 g/mol. The van der Waals surface area contributed by atoms with Crippen molar-refractivity contribution in [2.24, 2.45) is 0 Å². The highest BCUT2D eigenvalue weighted by molar-refractivity contribution is 7.86. The second-order valence-electron chi connectivity index (χ2n) is 7.24. The Morgan fingerprint density at radius 1 is 1.19 bits per heavy atom. The summed E-state index contributed by atoms with van der Waals surface area (Å²) in [7, 11) is -3.45. The van der Waals surface area contributed by atoms with Gasteiger partial charge in [0.15, 0.2) is 0 Å². The molecule has 1 aliphatic heterocycles. The van der Waals surface area contributed by atoms with Gasteiger partial charge in [-0.05, 0) is 19.4 Å². The maximum absolute atomic E-state index is 12.7. The predicted octanol–water partition coefficient (Wildman–Crippen LogP) is 1.17. The van der Waals surface area contributed by atoms with E-state index in [-0.39, 0.29) is 12.2 Å². The molecule has 1 N–H and O–H groups in total. The molecule has 1 aliphatic rings. The summed E-state index contributed by atoms with van der Waals surface area (Å²) in [5.74, 6) is 0.0451. The molecule has 31 heavy (non-hydrogen) atoms. The number of nitrogens with one attached hydrogen (secondary N) is 1. The molecule has 10 nitrogen and oxygen atoms in total. The number of esters is 1. The number of H-pyrrole nitrogens is 1. The minimum atomic E-state index is -3.45. The van der Waals surface area contributed by atoms with Crippen LogP contribution in [0.3, 0.4) is 0 Å². The van der Waals surface area contributed by atoms with Gasteiger partial charge < -0.3 is 9.72 Å². The van der Waals surface area contributed by atoms with Crippen LogP contribution in [0, 0.1) is 6.92 Å². The molecule has 0 aliphatic carbocycles. The molecule has 0 amide bonds. The van der Waals surface area contributed by atoms with Crippen molar-refractivity contribution in [3.8, 4) is 0 Å². The van der Waals surface area contributed by atoms with Crippen LogP contribution in [-0.4, -0.2) is 83.7 Å². The number of thiophene rings is 1. The van der Waals surface area contributed by atoms with Crippen molar-refractivity contribution >= 4 is 37.7 Å². The molecule has 3 heterocycles. The first-order valence-electron chi connectivity index (χ1n) is 10.4. The molecule has 0 atom stereocenters. The van der Waals surface area contributed by atoms with Gasteiger partial charge in [-0.2, -0.15) is 17.0 Å². The smallest absolute Gasteiger partial charge is 0.348 e. The van der Waals surface area contributed by atoms with Crippen molar-refractivity contribution in [2.75, 3.05) is 45.9 Å². The quantitative estimate of drug-likeness (QED) is 0.575. The fourth-order valence-corrected chi connectivity index (χ4v) is 6.40. The maximum atomic E-state index is 12.7. The first kappa shape index (κ1) is 23.8. The number of nitrogens with zero attached hydrogens (tertiary/aromatic N) is 4. The topological polar surface area (TPSA) is 116 Å². The van der Waals surface area contributed by atoms with Gasteiger partial charge in [0.2, 0.25) is 0 Å². The molecule has 0 aromatic carbocycles. The molecule has 3 rings (SSSR count). The minimum absolute atomic E-state index is 0.261. The number of aryl methyl sites for hydroxylation is 1. The van der Waals surface area contributed by atoms with Gasteiger partial charge in [0.05, 0.1) is 18.5 Å². The predicted molar refractivity (Wildman–Crippen MR) is 120 cm³/mol. The van der Waals surface area contributed by atoms with Crippen LogP contribution in [0.4, 0.5) is 0 Å². The zero-order chi connectivity index (χ0) is 22.8. The molecule has 1 saturated heterocycles. The van der Waals surface area contributed by atoms with E-state index in [1.165, 1.54) is 8.61 Å².